The van der Waals surface area contributed by atoms with Crippen LogP contribution >= 0.6 is 38.9 Å². The molecule has 0 spiro atoms. The lowest BCUT2D eigenvalue weighted by Crippen LogP contribution is -2.17. The highest BCUT2D eigenvalue weighted by Crippen LogP contribution is 2.29. The molecule has 6 heteroatoms. The van der Waals surface area contributed by atoms with Crippen LogP contribution in [0.1, 0.15) is 5.69 Å². The smallest absolute Gasteiger partial charge is 0.190 e. The first-order valence-corrected chi connectivity index (χ1v) is 10.9. The van der Waals surface area contributed by atoms with Gasteiger partial charge in [-0.3, -0.25) is 4.98 Å². The molecule has 0 unspecified atom stereocenters. The number of aryl methyl sites for hydroxylation is 1. The molecule has 0 bridgehead atoms. The second-order valence-electron chi connectivity index (χ2n) is 6.17. The molecule has 3 nitrogen and oxygen atoms in total. The molecule has 4 aromatic rings. The molecule has 0 saturated carbocycles. The van der Waals surface area contributed by atoms with Gasteiger partial charge in [0.2, 0.25) is 0 Å². The van der Waals surface area contributed by atoms with E-state index in [0.717, 1.165) is 44.9 Å². The van der Waals surface area contributed by atoms with Gasteiger partial charge in [-0.15, -0.1) is 11.3 Å². The fourth-order valence-electron chi connectivity index (χ4n) is 2.94. The molecule has 4 rings (SSSR count). The van der Waals surface area contributed by atoms with E-state index in [9.17, 15) is 0 Å². The van der Waals surface area contributed by atoms with Crippen LogP contribution in [0.5, 0.6) is 0 Å². The summed E-state index contributed by atoms with van der Waals surface area (Å²) in [6.07, 6.45) is 2.65. The molecule has 0 radical (unpaired) electrons. The summed E-state index contributed by atoms with van der Waals surface area (Å²) >= 11 is 11.6. The molecule has 140 valence electrons. The number of hydrogen-bond acceptors (Lipinski definition) is 3. The summed E-state index contributed by atoms with van der Waals surface area (Å²) in [6, 6.07) is 21.9. The van der Waals surface area contributed by atoms with E-state index in [1.54, 1.807) is 11.3 Å². The maximum atomic E-state index is 6.33. The van der Waals surface area contributed by atoms with Gasteiger partial charge in [0.05, 0.1) is 16.4 Å². The van der Waals surface area contributed by atoms with Gasteiger partial charge in [0, 0.05) is 40.3 Å². The zero-order valence-corrected chi connectivity index (χ0v) is 18.1. The number of hydrogen-bond donors (Lipinski definition) is 0. The standard InChI is InChI=1S/C22H17BrClN3S/c23-18-9-2-1-8-17(18)21-15-28-22(26-20-11-4-3-10-19(20)24)27(21)14-12-16-7-5-6-13-25-16/h1-11,13,15H,12,14H2. The number of benzene rings is 2. The van der Waals surface area contributed by atoms with E-state index in [0.29, 0.717) is 5.02 Å². The Kier molecular flexibility index (Phi) is 6.05. The Balaban J connectivity index is 1.80. The van der Waals surface area contributed by atoms with Crippen LogP contribution in [0.15, 0.2) is 87.8 Å². The monoisotopic (exact) mass is 469 g/mol. The van der Waals surface area contributed by atoms with E-state index in [1.807, 2.05) is 54.7 Å². The van der Waals surface area contributed by atoms with E-state index in [4.69, 9.17) is 16.6 Å². The number of halogens is 2. The van der Waals surface area contributed by atoms with Crippen LogP contribution in [0, 0.1) is 0 Å². The van der Waals surface area contributed by atoms with Gasteiger partial charge >= 0.3 is 0 Å². The van der Waals surface area contributed by atoms with E-state index in [1.165, 1.54) is 0 Å². The molecular weight excluding hydrogens is 454 g/mol. The molecular formula is C22H17BrClN3S. The van der Waals surface area contributed by atoms with E-state index >= 15 is 0 Å². The number of nitrogens with zero attached hydrogens (tertiary/aromatic N) is 3. The lowest BCUT2D eigenvalue weighted by molar-refractivity contribution is 0.674. The Hall–Kier alpha value is -2.21. The highest BCUT2D eigenvalue weighted by atomic mass is 79.9. The topological polar surface area (TPSA) is 30.2 Å². The number of para-hydroxylation sites is 1. The Morgan fingerprint density at radius 3 is 2.57 bits per heavy atom. The van der Waals surface area contributed by atoms with Gasteiger partial charge in [-0.2, -0.15) is 0 Å². The highest BCUT2D eigenvalue weighted by Gasteiger charge is 2.11. The second kappa shape index (κ2) is 8.86. The molecule has 0 N–H and O–H groups in total. The minimum absolute atomic E-state index is 0.648. The maximum Gasteiger partial charge on any atom is 0.190 e. The van der Waals surface area contributed by atoms with Gasteiger partial charge in [0.15, 0.2) is 4.80 Å². The molecule has 28 heavy (non-hydrogen) atoms. The molecule has 0 atom stereocenters. The van der Waals surface area contributed by atoms with Crippen molar-refractivity contribution in [2.24, 2.45) is 4.99 Å². The average molecular weight is 471 g/mol. The van der Waals surface area contributed by atoms with Crippen molar-refractivity contribution in [3.63, 3.8) is 0 Å². The SMILES string of the molecule is Clc1ccccc1N=c1scc(-c2ccccc2Br)n1CCc1ccccn1. The van der Waals surface area contributed by atoms with Crippen molar-refractivity contribution < 1.29 is 0 Å². The minimum atomic E-state index is 0.648. The molecule has 0 aliphatic rings. The normalized spacial score (nSPS) is 11.7. The van der Waals surface area contributed by atoms with Crippen molar-refractivity contribution in [3.8, 4) is 11.3 Å². The quantitative estimate of drug-likeness (QED) is 0.327. The predicted octanol–water partition coefficient (Wildman–Crippen LogP) is 6.50. The third kappa shape index (κ3) is 4.27. The Labute approximate surface area is 181 Å². The molecule has 2 aromatic heterocycles. The second-order valence-corrected chi connectivity index (χ2v) is 8.27. The predicted molar refractivity (Wildman–Crippen MR) is 120 cm³/mol. The van der Waals surface area contributed by atoms with Crippen molar-refractivity contribution in [2.75, 3.05) is 0 Å². The van der Waals surface area contributed by atoms with Crippen molar-refractivity contribution in [2.45, 2.75) is 13.0 Å². The summed E-state index contributed by atoms with van der Waals surface area (Å²) in [5.41, 5.74) is 4.10. The summed E-state index contributed by atoms with van der Waals surface area (Å²) in [6.45, 7) is 0.778. The largest absolute Gasteiger partial charge is 0.316 e. The fraction of sp³-hybridized carbons (Fsp3) is 0.0909. The van der Waals surface area contributed by atoms with Crippen molar-refractivity contribution in [1.82, 2.24) is 9.55 Å². The summed E-state index contributed by atoms with van der Waals surface area (Å²) in [5, 5.41) is 2.79. The zero-order valence-electron chi connectivity index (χ0n) is 14.9. The Morgan fingerprint density at radius 2 is 1.79 bits per heavy atom. The van der Waals surface area contributed by atoms with Crippen LogP contribution in [0.2, 0.25) is 5.02 Å². The van der Waals surface area contributed by atoms with Crippen LogP contribution in [-0.2, 0) is 13.0 Å². The number of thiazole rings is 1. The summed E-state index contributed by atoms with van der Waals surface area (Å²) in [7, 11) is 0. The summed E-state index contributed by atoms with van der Waals surface area (Å²) < 4.78 is 3.30. The third-order valence-corrected chi connectivity index (χ3v) is 6.21. The molecule has 2 heterocycles. The Morgan fingerprint density at radius 1 is 1.00 bits per heavy atom. The first-order chi connectivity index (χ1) is 13.7. The number of rotatable bonds is 5. The summed E-state index contributed by atoms with van der Waals surface area (Å²) in [5.74, 6) is 0. The van der Waals surface area contributed by atoms with E-state index < -0.39 is 0 Å². The van der Waals surface area contributed by atoms with Gasteiger partial charge in [-0.1, -0.05) is 63.9 Å². The van der Waals surface area contributed by atoms with Gasteiger partial charge in [-0.25, -0.2) is 4.99 Å². The van der Waals surface area contributed by atoms with Gasteiger partial charge < -0.3 is 4.57 Å². The van der Waals surface area contributed by atoms with Gasteiger partial charge in [-0.05, 0) is 30.3 Å². The Bertz CT molecular complexity index is 1150. The van der Waals surface area contributed by atoms with E-state index in [-0.39, 0.29) is 0 Å². The van der Waals surface area contributed by atoms with Crippen molar-refractivity contribution in [3.05, 3.63) is 98.3 Å². The van der Waals surface area contributed by atoms with Crippen molar-refractivity contribution in [1.29, 1.82) is 0 Å². The first-order valence-electron chi connectivity index (χ1n) is 8.85. The molecule has 0 amide bonds. The third-order valence-electron chi connectivity index (χ3n) is 4.33. The molecule has 2 aromatic carbocycles. The molecule has 0 saturated heterocycles. The van der Waals surface area contributed by atoms with E-state index in [2.05, 4.69) is 49.1 Å². The minimum Gasteiger partial charge on any atom is -0.316 e. The van der Waals surface area contributed by atoms with Crippen LogP contribution in [0.25, 0.3) is 11.3 Å². The highest BCUT2D eigenvalue weighted by molar-refractivity contribution is 9.10. The van der Waals surface area contributed by atoms with Crippen LogP contribution in [-0.4, -0.2) is 9.55 Å². The maximum absolute atomic E-state index is 6.33. The molecule has 0 aliphatic heterocycles. The first kappa shape index (κ1) is 19.1. The van der Waals surface area contributed by atoms with Gasteiger partial charge in [0.1, 0.15) is 0 Å². The van der Waals surface area contributed by atoms with Gasteiger partial charge in [0.25, 0.3) is 0 Å². The lowest BCUT2D eigenvalue weighted by atomic mass is 10.1. The fourth-order valence-corrected chi connectivity index (χ4v) is 4.54. The average Bonchev–Trinajstić information content (AvgIpc) is 3.11. The number of pyridine rings is 1. The summed E-state index contributed by atoms with van der Waals surface area (Å²) in [4.78, 5) is 10.2. The number of aromatic nitrogens is 2. The molecule has 0 aliphatic carbocycles. The van der Waals surface area contributed by atoms with Crippen LogP contribution in [0.3, 0.4) is 0 Å². The van der Waals surface area contributed by atoms with Crippen molar-refractivity contribution >= 4 is 44.6 Å². The zero-order chi connectivity index (χ0) is 19.3. The lowest BCUT2D eigenvalue weighted by Gasteiger charge is -2.10. The van der Waals surface area contributed by atoms with Crippen LogP contribution in [0.4, 0.5) is 5.69 Å². The van der Waals surface area contributed by atoms with Crippen LogP contribution < -0.4 is 4.80 Å². The molecule has 0 fully saturated rings.